The molecule has 1 aliphatic rings. The summed E-state index contributed by atoms with van der Waals surface area (Å²) in [7, 11) is 0. The Hall–Kier alpha value is -2.03. The Kier molecular flexibility index (Phi) is 3.98. The van der Waals surface area contributed by atoms with E-state index in [9.17, 15) is 18.0 Å². The summed E-state index contributed by atoms with van der Waals surface area (Å²) >= 11 is 0. The van der Waals surface area contributed by atoms with Crippen molar-refractivity contribution in [2.45, 2.75) is 19.0 Å². The summed E-state index contributed by atoms with van der Waals surface area (Å²) in [6.45, 7) is 0.588. The third-order valence-corrected chi connectivity index (χ3v) is 3.35. The number of piperidine rings is 1. The summed E-state index contributed by atoms with van der Waals surface area (Å²) < 4.78 is 38.7. The number of alkyl halides is 3. The second kappa shape index (κ2) is 5.53. The lowest BCUT2D eigenvalue weighted by molar-refractivity contribution is -0.138. The summed E-state index contributed by atoms with van der Waals surface area (Å²) in [5.41, 5.74) is -1.28. The highest BCUT2D eigenvalue weighted by Gasteiger charge is 2.36. The zero-order valence-corrected chi connectivity index (χ0v) is 10.7. The SMILES string of the molecule is N#CC1CCCN(C(=O)c2ccccc2C(F)(F)F)C1. The lowest BCUT2D eigenvalue weighted by atomic mass is 9.98. The number of nitriles is 1. The summed E-state index contributed by atoms with van der Waals surface area (Å²) in [6, 6.07) is 6.82. The van der Waals surface area contributed by atoms with E-state index in [1.165, 1.54) is 23.1 Å². The van der Waals surface area contributed by atoms with E-state index in [0.717, 1.165) is 6.07 Å². The van der Waals surface area contributed by atoms with Crippen LogP contribution in [0.2, 0.25) is 0 Å². The summed E-state index contributed by atoms with van der Waals surface area (Å²) in [5.74, 6) is -0.955. The molecule has 0 bridgehead atoms. The Balaban J connectivity index is 2.28. The van der Waals surface area contributed by atoms with Gasteiger partial charge in [0, 0.05) is 13.1 Å². The average Bonchev–Trinajstić information content (AvgIpc) is 2.45. The summed E-state index contributed by atoms with van der Waals surface area (Å²) in [6.07, 6.45) is -3.24. The fourth-order valence-corrected chi connectivity index (χ4v) is 2.35. The van der Waals surface area contributed by atoms with E-state index < -0.39 is 17.6 Å². The van der Waals surface area contributed by atoms with Crippen molar-refractivity contribution in [3.63, 3.8) is 0 Å². The topological polar surface area (TPSA) is 44.1 Å². The molecule has 1 atom stereocenters. The van der Waals surface area contributed by atoms with Crippen molar-refractivity contribution in [3.8, 4) is 6.07 Å². The number of carbonyl (C=O) groups excluding carboxylic acids is 1. The number of benzene rings is 1. The first-order chi connectivity index (χ1) is 9.43. The first-order valence-corrected chi connectivity index (χ1v) is 6.28. The van der Waals surface area contributed by atoms with Gasteiger partial charge in [0.1, 0.15) is 0 Å². The fraction of sp³-hybridized carbons (Fsp3) is 0.429. The van der Waals surface area contributed by atoms with Gasteiger partial charge in [-0.3, -0.25) is 4.79 Å². The van der Waals surface area contributed by atoms with Gasteiger partial charge in [0.2, 0.25) is 0 Å². The van der Waals surface area contributed by atoms with Crippen LogP contribution in [0.15, 0.2) is 24.3 Å². The molecule has 1 heterocycles. The van der Waals surface area contributed by atoms with Gasteiger partial charge in [-0.1, -0.05) is 12.1 Å². The number of carbonyl (C=O) groups is 1. The maximum atomic E-state index is 12.9. The third-order valence-electron chi connectivity index (χ3n) is 3.35. The van der Waals surface area contributed by atoms with Crippen molar-refractivity contribution < 1.29 is 18.0 Å². The van der Waals surface area contributed by atoms with Crippen molar-refractivity contribution in [2.24, 2.45) is 5.92 Å². The molecule has 0 N–H and O–H groups in total. The van der Waals surface area contributed by atoms with Gasteiger partial charge in [-0.2, -0.15) is 18.4 Å². The van der Waals surface area contributed by atoms with Crippen molar-refractivity contribution in [1.82, 2.24) is 4.90 Å². The van der Waals surface area contributed by atoms with E-state index >= 15 is 0 Å². The zero-order chi connectivity index (χ0) is 14.8. The van der Waals surface area contributed by atoms with Gasteiger partial charge in [0.15, 0.2) is 0 Å². The van der Waals surface area contributed by atoms with Gasteiger partial charge >= 0.3 is 6.18 Å². The maximum absolute atomic E-state index is 12.9. The van der Waals surface area contributed by atoms with Crippen molar-refractivity contribution in [1.29, 1.82) is 5.26 Å². The first-order valence-electron chi connectivity index (χ1n) is 6.28. The number of halogens is 3. The van der Waals surface area contributed by atoms with Crippen LogP contribution in [0.5, 0.6) is 0 Å². The normalized spacial score (nSPS) is 19.5. The average molecular weight is 282 g/mol. The molecule has 106 valence electrons. The highest BCUT2D eigenvalue weighted by atomic mass is 19.4. The Morgan fingerprint density at radius 3 is 2.70 bits per heavy atom. The van der Waals surface area contributed by atoms with Gasteiger partial charge in [-0.05, 0) is 25.0 Å². The number of likely N-dealkylation sites (tertiary alicyclic amines) is 1. The minimum absolute atomic E-state index is 0.196. The Bertz CT molecular complexity index is 548. The van der Waals surface area contributed by atoms with Crippen LogP contribution in [0.3, 0.4) is 0 Å². The van der Waals surface area contributed by atoms with Crippen molar-refractivity contribution in [2.75, 3.05) is 13.1 Å². The number of hydrogen-bond donors (Lipinski definition) is 0. The molecule has 3 nitrogen and oxygen atoms in total. The minimum atomic E-state index is -4.56. The zero-order valence-electron chi connectivity index (χ0n) is 10.7. The molecule has 1 saturated heterocycles. The maximum Gasteiger partial charge on any atom is 0.417 e. The van der Waals surface area contributed by atoms with E-state index in [-0.39, 0.29) is 18.0 Å². The van der Waals surface area contributed by atoms with Crippen LogP contribution >= 0.6 is 0 Å². The largest absolute Gasteiger partial charge is 0.417 e. The standard InChI is InChI=1S/C14H13F3N2O/c15-14(16,17)12-6-2-1-5-11(12)13(20)19-7-3-4-10(8-18)9-19/h1-2,5-6,10H,3-4,7,9H2. The molecule has 1 aliphatic heterocycles. The van der Waals surface area contributed by atoms with E-state index in [1.54, 1.807) is 0 Å². The summed E-state index contributed by atoms with van der Waals surface area (Å²) in [4.78, 5) is 13.6. The van der Waals surface area contributed by atoms with Crippen molar-refractivity contribution >= 4 is 5.91 Å². The Morgan fingerprint density at radius 2 is 2.05 bits per heavy atom. The number of rotatable bonds is 1. The van der Waals surface area contributed by atoms with E-state index in [0.29, 0.717) is 19.4 Å². The quantitative estimate of drug-likeness (QED) is 0.794. The molecule has 1 unspecified atom stereocenters. The molecule has 0 radical (unpaired) electrons. The molecule has 6 heteroatoms. The molecule has 1 aromatic carbocycles. The molecule has 0 aromatic heterocycles. The number of nitrogens with zero attached hydrogens (tertiary/aromatic N) is 2. The highest BCUT2D eigenvalue weighted by Crippen LogP contribution is 2.32. The highest BCUT2D eigenvalue weighted by molar-refractivity contribution is 5.96. The third kappa shape index (κ3) is 2.93. The molecule has 1 aromatic rings. The van der Waals surface area contributed by atoms with Crippen LogP contribution in [-0.2, 0) is 6.18 Å². The fourth-order valence-electron chi connectivity index (χ4n) is 2.35. The van der Waals surface area contributed by atoms with E-state index in [1.807, 2.05) is 0 Å². The van der Waals surface area contributed by atoms with Crippen LogP contribution in [-0.4, -0.2) is 23.9 Å². The number of amides is 1. The van der Waals surface area contributed by atoms with Crippen LogP contribution in [0.4, 0.5) is 13.2 Å². The molecule has 1 amide bonds. The smallest absolute Gasteiger partial charge is 0.337 e. The van der Waals surface area contributed by atoms with Crippen LogP contribution in [0.25, 0.3) is 0 Å². The van der Waals surface area contributed by atoms with Crippen LogP contribution in [0, 0.1) is 17.2 Å². The monoisotopic (exact) mass is 282 g/mol. The first kappa shape index (κ1) is 14.4. The van der Waals surface area contributed by atoms with E-state index in [2.05, 4.69) is 6.07 Å². The van der Waals surface area contributed by atoms with Gasteiger partial charge in [0.25, 0.3) is 5.91 Å². The van der Waals surface area contributed by atoms with Gasteiger partial charge in [-0.25, -0.2) is 0 Å². The van der Waals surface area contributed by atoms with Gasteiger partial charge in [-0.15, -0.1) is 0 Å². The lowest BCUT2D eigenvalue weighted by Gasteiger charge is -2.30. The minimum Gasteiger partial charge on any atom is -0.337 e. The predicted octanol–water partition coefficient (Wildman–Crippen LogP) is 3.08. The van der Waals surface area contributed by atoms with E-state index in [4.69, 9.17) is 5.26 Å². The molecular formula is C14H13F3N2O. The molecule has 0 aliphatic carbocycles. The summed E-state index contributed by atoms with van der Waals surface area (Å²) in [5, 5.41) is 8.88. The Morgan fingerprint density at radius 1 is 1.35 bits per heavy atom. The van der Waals surface area contributed by atoms with Crippen LogP contribution in [0.1, 0.15) is 28.8 Å². The molecule has 1 fully saturated rings. The second-order valence-electron chi connectivity index (χ2n) is 4.76. The Labute approximate surface area is 114 Å². The molecular weight excluding hydrogens is 269 g/mol. The molecule has 0 spiro atoms. The van der Waals surface area contributed by atoms with Gasteiger partial charge < -0.3 is 4.90 Å². The molecule has 0 saturated carbocycles. The van der Waals surface area contributed by atoms with Crippen LogP contribution < -0.4 is 0 Å². The second-order valence-corrected chi connectivity index (χ2v) is 4.76. The number of hydrogen-bond acceptors (Lipinski definition) is 2. The lowest BCUT2D eigenvalue weighted by Crippen LogP contribution is -2.40. The molecule has 20 heavy (non-hydrogen) atoms. The predicted molar refractivity (Wildman–Crippen MR) is 65.7 cm³/mol. The van der Waals surface area contributed by atoms with Crippen molar-refractivity contribution in [3.05, 3.63) is 35.4 Å². The molecule has 2 rings (SSSR count). The van der Waals surface area contributed by atoms with Gasteiger partial charge in [0.05, 0.1) is 23.1 Å².